The minimum absolute atomic E-state index is 0.176. The van der Waals surface area contributed by atoms with Gasteiger partial charge in [0.25, 0.3) is 6.47 Å². The molecule has 7 nitrogen and oxygen atoms in total. The molecular weight excluding hydrogens is 360 g/mol. The van der Waals surface area contributed by atoms with Gasteiger partial charge >= 0.3 is 5.97 Å². The second-order valence-corrected chi connectivity index (χ2v) is 6.52. The molecule has 0 aliphatic carbocycles. The third kappa shape index (κ3) is 6.19. The molecular formula is C21H24N2O5. The Balaban J connectivity index is 0.000000878. The summed E-state index contributed by atoms with van der Waals surface area (Å²) >= 11 is 0. The number of benzene rings is 1. The number of rotatable bonds is 5. The number of hydrogen-bond donors (Lipinski definition) is 1. The third-order valence-electron chi connectivity index (χ3n) is 4.64. The van der Waals surface area contributed by atoms with Gasteiger partial charge in [-0.25, -0.2) is 4.79 Å². The zero-order chi connectivity index (χ0) is 20.4. The zero-order valence-electron chi connectivity index (χ0n) is 15.8. The molecule has 0 spiro atoms. The zero-order valence-corrected chi connectivity index (χ0v) is 15.8. The van der Waals surface area contributed by atoms with Gasteiger partial charge in [-0.05, 0) is 54.2 Å². The molecule has 148 valence electrons. The number of pyridine rings is 1. The molecule has 0 saturated carbocycles. The van der Waals surface area contributed by atoms with E-state index < -0.39 is 0 Å². The lowest BCUT2D eigenvalue weighted by Gasteiger charge is -2.16. The van der Waals surface area contributed by atoms with E-state index in [4.69, 9.17) is 14.6 Å². The maximum absolute atomic E-state index is 12.4. The van der Waals surface area contributed by atoms with E-state index in [1.807, 2.05) is 29.2 Å². The van der Waals surface area contributed by atoms with Crippen LogP contribution in [0.4, 0.5) is 0 Å². The van der Waals surface area contributed by atoms with E-state index in [-0.39, 0.29) is 18.3 Å². The molecule has 0 radical (unpaired) electrons. The Morgan fingerprint density at radius 3 is 2.43 bits per heavy atom. The van der Waals surface area contributed by atoms with E-state index >= 15 is 0 Å². The lowest BCUT2D eigenvalue weighted by Crippen LogP contribution is -2.30. The highest BCUT2D eigenvalue weighted by Gasteiger charge is 2.26. The molecule has 0 bridgehead atoms. The summed E-state index contributed by atoms with van der Waals surface area (Å²) in [4.78, 5) is 38.2. The van der Waals surface area contributed by atoms with E-state index in [2.05, 4.69) is 4.98 Å². The smallest absolute Gasteiger partial charge is 0.337 e. The van der Waals surface area contributed by atoms with Gasteiger partial charge in [-0.3, -0.25) is 14.6 Å². The number of esters is 1. The van der Waals surface area contributed by atoms with Gasteiger partial charge in [-0.15, -0.1) is 0 Å². The Bertz CT molecular complexity index is 777. The van der Waals surface area contributed by atoms with Crippen LogP contribution in [0.2, 0.25) is 0 Å². The summed E-state index contributed by atoms with van der Waals surface area (Å²) in [5.41, 5.74) is 2.75. The number of carboxylic acid groups (broad SMARTS) is 1. The van der Waals surface area contributed by atoms with Crippen LogP contribution in [-0.4, -0.2) is 53.5 Å². The molecule has 1 aliphatic heterocycles. The van der Waals surface area contributed by atoms with Crippen molar-refractivity contribution in [1.29, 1.82) is 0 Å². The first kappa shape index (κ1) is 21.1. The maximum Gasteiger partial charge on any atom is 0.337 e. The summed E-state index contributed by atoms with van der Waals surface area (Å²) in [5.74, 6) is 0.320. The van der Waals surface area contributed by atoms with Crippen LogP contribution in [-0.2, 0) is 27.2 Å². The third-order valence-corrected chi connectivity index (χ3v) is 4.64. The minimum atomic E-state index is -0.319. The van der Waals surface area contributed by atoms with Gasteiger partial charge in [0, 0.05) is 25.5 Å². The van der Waals surface area contributed by atoms with Crippen molar-refractivity contribution in [1.82, 2.24) is 9.88 Å². The minimum Gasteiger partial charge on any atom is -0.483 e. The van der Waals surface area contributed by atoms with Crippen LogP contribution in [0.1, 0.15) is 27.9 Å². The van der Waals surface area contributed by atoms with Gasteiger partial charge in [0.15, 0.2) is 0 Å². The number of carbonyl (C=O) groups excluding carboxylic acids is 2. The highest BCUT2D eigenvalue weighted by molar-refractivity contribution is 5.89. The molecule has 1 fully saturated rings. The van der Waals surface area contributed by atoms with Crippen molar-refractivity contribution >= 4 is 18.3 Å². The second-order valence-electron chi connectivity index (χ2n) is 6.52. The lowest BCUT2D eigenvalue weighted by atomic mass is 9.98. The second kappa shape index (κ2) is 10.8. The number of methoxy groups -OCH3 is 1. The highest BCUT2D eigenvalue weighted by atomic mass is 16.5. The van der Waals surface area contributed by atoms with Gasteiger partial charge in [0.05, 0.1) is 19.1 Å². The van der Waals surface area contributed by atoms with Gasteiger partial charge in [-0.1, -0.05) is 12.1 Å². The summed E-state index contributed by atoms with van der Waals surface area (Å²) in [5, 5.41) is 6.89. The summed E-state index contributed by atoms with van der Waals surface area (Å²) in [6, 6.07) is 11.3. The van der Waals surface area contributed by atoms with Crippen LogP contribution in [0.15, 0.2) is 48.8 Å². The van der Waals surface area contributed by atoms with Crippen molar-refractivity contribution in [2.75, 3.05) is 20.2 Å². The Morgan fingerprint density at radius 1 is 1.18 bits per heavy atom. The number of carbonyl (C=O) groups is 3. The molecule has 7 heteroatoms. The van der Waals surface area contributed by atoms with Crippen molar-refractivity contribution < 1.29 is 24.2 Å². The first-order valence-corrected chi connectivity index (χ1v) is 8.99. The highest BCUT2D eigenvalue weighted by Crippen LogP contribution is 2.22. The molecule has 1 unspecified atom stereocenters. The van der Waals surface area contributed by atoms with Gasteiger partial charge < -0.3 is 14.7 Å². The predicted molar refractivity (Wildman–Crippen MR) is 103 cm³/mol. The summed E-state index contributed by atoms with van der Waals surface area (Å²) in [6.45, 7) is 1.36. The van der Waals surface area contributed by atoms with Crippen molar-refractivity contribution in [3.05, 3.63) is 65.5 Å². The van der Waals surface area contributed by atoms with Crippen LogP contribution in [0, 0.1) is 5.92 Å². The monoisotopic (exact) mass is 384 g/mol. The molecule has 28 heavy (non-hydrogen) atoms. The Labute approximate surface area is 164 Å². The maximum atomic E-state index is 12.4. The van der Waals surface area contributed by atoms with E-state index in [1.54, 1.807) is 24.5 Å². The number of ether oxygens (including phenoxy) is 1. The number of hydrogen-bond acceptors (Lipinski definition) is 5. The largest absolute Gasteiger partial charge is 0.483 e. The average molecular weight is 384 g/mol. The quantitative estimate of drug-likeness (QED) is 0.627. The van der Waals surface area contributed by atoms with Crippen molar-refractivity contribution in [3.8, 4) is 0 Å². The van der Waals surface area contributed by atoms with Gasteiger partial charge in [-0.2, -0.15) is 0 Å². The number of nitrogens with zero attached hydrogens (tertiary/aromatic N) is 2. The Hall–Kier alpha value is -3.22. The summed E-state index contributed by atoms with van der Waals surface area (Å²) in [7, 11) is 1.38. The number of likely N-dealkylation sites (tertiary alicyclic amines) is 1. The topological polar surface area (TPSA) is 96.8 Å². The van der Waals surface area contributed by atoms with Crippen molar-refractivity contribution in [3.63, 3.8) is 0 Å². The fraction of sp³-hybridized carbons (Fsp3) is 0.333. The van der Waals surface area contributed by atoms with E-state index in [0.717, 1.165) is 31.5 Å². The molecule has 2 aromatic rings. The Kier molecular flexibility index (Phi) is 8.14. The molecule has 1 N–H and O–H groups in total. The molecule has 2 heterocycles. The first-order valence-electron chi connectivity index (χ1n) is 8.99. The molecule has 1 aromatic heterocycles. The standard InChI is InChI=1S/C20H22N2O3.CH2O2/c1-25-20(24)18-4-2-15(3-5-18)12-17-8-11-22(14-17)19(23)13-16-6-9-21-10-7-16;2-1-3/h2-7,9-10,17H,8,11-14H2,1H3;1H,(H,2,3). The number of aromatic nitrogens is 1. The normalized spacial score (nSPS) is 15.3. The predicted octanol–water partition coefficient (Wildman–Crippen LogP) is 2.20. The summed E-state index contributed by atoms with van der Waals surface area (Å²) < 4.78 is 4.71. The van der Waals surface area contributed by atoms with Crippen molar-refractivity contribution in [2.24, 2.45) is 5.92 Å². The molecule has 1 amide bonds. The first-order chi connectivity index (χ1) is 13.6. The van der Waals surface area contributed by atoms with E-state index in [1.165, 1.54) is 12.7 Å². The fourth-order valence-electron chi connectivity index (χ4n) is 3.24. The molecule has 1 saturated heterocycles. The SMILES string of the molecule is COC(=O)c1ccc(CC2CCN(C(=O)Cc3ccncc3)C2)cc1.O=CO. The fourth-order valence-corrected chi connectivity index (χ4v) is 3.24. The van der Waals surface area contributed by atoms with Gasteiger partial charge in [0.2, 0.25) is 5.91 Å². The average Bonchev–Trinajstić information content (AvgIpc) is 3.18. The molecule has 1 aromatic carbocycles. The molecule has 1 atom stereocenters. The van der Waals surface area contributed by atoms with Crippen LogP contribution >= 0.6 is 0 Å². The van der Waals surface area contributed by atoms with Gasteiger partial charge in [0.1, 0.15) is 0 Å². The van der Waals surface area contributed by atoms with Crippen molar-refractivity contribution in [2.45, 2.75) is 19.3 Å². The summed E-state index contributed by atoms with van der Waals surface area (Å²) in [6.07, 6.45) is 5.80. The van der Waals surface area contributed by atoms with Crippen LogP contribution < -0.4 is 0 Å². The molecule has 1 aliphatic rings. The van der Waals surface area contributed by atoms with Crippen LogP contribution in [0.5, 0.6) is 0 Å². The number of amides is 1. The Morgan fingerprint density at radius 2 is 1.82 bits per heavy atom. The van der Waals surface area contributed by atoms with Crippen LogP contribution in [0.25, 0.3) is 0 Å². The lowest BCUT2D eigenvalue weighted by molar-refractivity contribution is -0.129. The van der Waals surface area contributed by atoms with E-state index in [0.29, 0.717) is 17.9 Å². The van der Waals surface area contributed by atoms with E-state index in [9.17, 15) is 9.59 Å². The van der Waals surface area contributed by atoms with Crippen LogP contribution in [0.3, 0.4) is 0 Å². The molecule has 3 rings (SSSR count).